The second-order valence-electron chi connectivity index (χ2n) is 3.23. The molecule has 0 aromatic heterocycles. The Kier molecular flexibility index (Phi) is 3.66. The highest BCUT2D eigenvalue weighted by Crippen LogP contribution is 2.18. The molecule has 0 heterocycles. The Labute approximate surface area is 91.1 Å². The van der Waals surface area contributed by atoms with Crippen LogP contribution in [0.5, 0.6) is 0 Å². The molecule has 0 aliphatic heterocycles. The van der Waals surface area contributed by atoms with Gasteiger partial charge in [0.2, 0.25) is 0 Å². The lowest BCUT2D eigenvalue weighted by Crippen LogP contribution is -2.32. The molecule has 3 nitrogen and oxygen atoms in total. The molecule has 1 unspecified atom stereocenters. The molecule has 1 rings (SSSR count). The molecule has 0 fully saturated rings. The second-order valence-corrected chi connectivity index (χ2v) is 4.09. The molecule has 0 amide bonds. The second kappa shape index (κ2) is 4.57. The van der Waals surface area contributed by atoms with E-state index in [1.54, 1.807) is 0 Å². The smallest absolute Gasteiger partial charge is 0.320 e. The first-order valence-corrected chi connectivity index (χ1v) is 5.03. The number of rotatable bonds is 3. The molecule has 1 aromatic carbocycles. The molecule has 3 N–H and O–H groups in total. The largest absolute Gasteiger partial charge is 0.480 e. The van der Waals surface area contributed by atoms with Crippen molar-refractivity contribution in [3.63, 3.8) is 0 Å². The first-order valence-electron chi connectivity index (χ1n) is 4.24. The van der Waals surface area contributed by atoms with Gasteiger partial charge < -0.3 is 10.8 Å². The highest BCUT2D eigenvalue weighted by atomic mass is 79.9. The van der Waals surface area contributed by atoms with E-state index < -0.39 is 12.0 Å². The van der Waals surface area contributed by atoms with E-state index in [4.69, 9.17) is 10.8 Å². The quantitative estimate of drug-likeness (QED) is 0.867. The summed E-state index contributed by atoms with van der Waals surface area (Å²) in [6, 6.07) is 4.90. The Morgan fingerprint density at radius 2 is 2.29 bits per heavy atom. The van der Waals surface area contributed by atoms with Crippen molar-refractivity contribution in [3.8, 4) is 0 Å². The molecule has 0 radical (unpaired) electrons. The van der Waals surface area contributed by atoms with Crippen molar-refractivity contribution in [2.75, 3.05) is 0 Å². The Morgan fingerprint density at radius 3 is 2.79 bits per heavy atom. The third kappa shape index (κ3) is 2.82. The van der Waals surface area contributed by atoms with Crippen molar-refractivity contribution in [2.24, 2.45) is 5.73 Å². The molecule has 0 spiro atoms. The zero-order valence-corrected chi connectivity index (χ0v) is 9.41. The van der Waals surface area contributed by atoms with Crippen LogP contribution in [0.3, 0.4) is 0 Å². The monoisotopic (exact) mass is 257 g/mol. The van der Waals surface area contributed by atoms with Crippen molar-refractivity contribution >= 4 is 21.9 Å². The van der Waals surface area contributed by atoms with Crippen molar-refractivity contribution in [2.45, 2.75) is 19.4 Å². The maximum Gasteiger partial charge on any atom is 0.320 e. The van der Waals surface area contributed by atoms with Gasteiger partial charge in [0, 0.05) is 4.47 Å². The number of nitrogens with two attached hydrogens (primary N) is 1. The van der Waals surface area contributed by atoms with Crippen LogP contribution in [0.1, 0.15) is 11.1 Å². The summed E-state index contributed by atoms with van der Waals surface area (Å²) in [5.41, 5.74) is 7.47. The zero-order valence-electron chi connectivity index (χ0n) is 7.83. The van der Waals surface area contributed by atoms with E-state index in [9.17, 15) is 4.79 Å². The van der Waals surface area contributed by atoms with Gasteiger partial charge in [0.15, 0.2) is 0 Å². The van der Waals surface area contributed by atoms with Crippen LogP contribution in [0.4, 0.5) is 0 Å². The molecule has 0 aliphatic rings. The Hall–Kier alpha value is -0.870. The van der Waals surface area contributed by atoms with E-state index in [1.165, 1.54) is 0 Å². The molecule has 0 saturated heterocycles. The van der Waals surface area contributed by atoms with Gasteiger partial charge in [-0.2, -0.15) is 0 Å². The van der Waals surface area contributed by atoms with Crippen molar-refractivity contribution in [1.29, 1.82) is 0 Å². The predicted molar refractivity (Wildman–Crippen MR) is 58.2 cm³/mol. The maximum atomic E-state index is 10.5. The van der Waals surface area contributed by atoms with Crippen LogP contribution in [-0.4, -0.2) is 17.1 Å². The summed E-state index contributed by atoms with van der Waals surface area (Å²) in [4.78, 5) is 10.5. The highest BCUT2D eigenvalue weighted by molar-refractivity contribution is 9.10. The molecule has 0 saturated carbocycles. The number of carboxylic acid groups (broad SMARTS) is 1. The van der Waals surface area contributed by atoms with E-state index in [0.29, 0.717) is 6.42 Å². The first-order chi connectivity index (χ1) is 6.50. The number of hydrogen-bond acceptors (Lipinski definition) is 2. The van der Waals surface area contributed by atoms with Gasteiger partial charge in [-0.3, -0.25) is 4.79 Å². The summed E-state index contributed by atoms with van der Waals surface area (Å²) in [5, 5.41) is 8.63. The van der Waals surface area contributed by atoms with E-state index in [2.05, 4.69) is 15.9 Å². The van der Waals surface area contributed by atoms with Gasteiger partial charge in [-0.25, -0.2) is 0 Å². The van der Waals surface area contributed by atoms with Crippen LogP contribution in [0.15, 0.2) is 22.7 Å². The van der Waals surface area contributed by atoms with Crippen LogP contribution in [0.2, 0.25) is 0 Å². The number of benzene rings is 1. The highest BCUT2D eigenvalue weighted by Gasteiger charge is 2.12. The predicted octanol–water partition coefficient (Wildman–Crippen LogP) is 1.71. The maximum absolute atomic E-state index is 10.5. The summed E-state index contributed by atoms with van der Waals surface area (Å²) in [6.45, 7) is 1.98. The van der Waals surface area contributed by atoms with Crippen molar-refractivity contribution < 1.29 is 9.90 Å². The minimum absolute atomic E-state index is 0.355. The standard InChI is InChI=1S/C10H12BrNO2/c1-6-2-3-7(4-8(6)11)5-9(12)10(13)14/h2-4,9H,5,12H2,1H3,(H,13,14). The number of aliphatic carboxylic acids is 1. The van der Waals surface area contributed by atoms with Gasteiger partial charge in [-0.05, 0) is 30.5 Å². The van der Waals surface area contributed by atoms with Crippen molar-refractivity contribution in [1.82, 2.24) is 0 Å². The minimum atomic E-state index is -0.971. The summed E-state index contributed by atoms with van der Waals surface area (Å²) in [5.74, 6) is -0.971. The average molecular weight is 258 g/mol. The third-order valence-corrected chi connectivity index (χ3v) is 2.86. The number of hydrogen-bond donors (Lipinski definition) is 2. The lowest BCUT2D eigenvalue weighted by Gasteiger charge is -2.07. The first kappa shape index (κ1) is 11.2. The van der Waals surface area contributed by atoms with Crippen molar-refractivity contribution in [3.05, 3.63) is 33.8 Å². The summed E-state index contributed by atoms with van der Waals surface area (Å²) >= 11 is 3.38. The molecule has 0 aliphatic carbocycles. The van der Waals surface area contributed by atoms with Crippen LogP contribution in [0, 0.1) is 6.92 Å². The number of aryl methyl sites for hydroxylation is 1. The fraction of sp³-hybridized carbons (Fsp3) is 0.300. The average Bonchev–Trinajstić information content (AvgIpc) is 2.11. The molecule has 0 bridgehead atoms. The lowest BCUT2D eigenvalue weighted by molar-refractivity contribution is -0.138. The third-order valence-electron chi connectivity index (χ3n) is 2.01. The van der Waals surface area contributed by atoms with E-state index in [0.717, 1.165) is 15.6 Å². The van der Waals surface area contributed by atoms with E-state index >= 15 is 0 Å². The van der Waals surface area contributed by atoms with Gasteiger partial charge in [-0.1, -0.05) is 28.1 Å². The normalized spacial score (nSPS) is 12.5. The fourth-order valence-corrected chi connectivity index (χ4v) is 1.53. The Morgan fingerprint density at radius 1 is 1.64 bits per heavy atom. The Balaban J connectivity index is 2.78. The van der Waals surface area contributed by atoms with Gasteiger partial charge in [0.05, 0.1) is 0 Å². The molecule has 76 valence electrons. The molecule has 4 heteroatoms. The van der Waals surface area contributed by atoms with Gasteiger partial charge in [0.25, 0.3) is 0 Å². The summed E-state index contributed by atoms with van der Waals surface area (Å²) in [7, 11) is 0. The zero-order chi connectivity index (χ0) is 10.7. The van der Waals surface area contributed by atoms with Crippen LogP contribution < -0.4 is 5.73 Å². The SMILES string of the molecule is Cc1ccc(CC(N)C(=O)O)cc1Br. The van der Waals surface area contributed by atoms with Gasteiger partial charge in [0.1, 0.15) is 6.04 Å². The number of carboxylic acids is 1. The summed E-state index contributed by atoms with van der Waals surface area (Å²) in [6.07, 6.45) is 0.355. The van der Waals surface area contributed by atoms with E-state index in [1.807, 2.05) is 25.1 Å². The number of halogens is 1. The number of carbonyl (C=O) groups is 1. The topological polar surface area (TPSA) is 63.3 Å². The molecule has 1 atom stereocenters. The Bertz CT molecular complexity index is 352. The lowest BCUT2D eigenvalue weighted by atomic mass is 10.1. The van der Waals surface area contributed by atoms with Gasteiger partial charge >= 0.3 is 5.97 Å². The van der Waals surface area contributed by atoms with Crippen LogP contribution >= 0.6 is 15.9 Å². The molecular formula is C10H12BrNO2. The van der Waals surface area contributed by atoms with Gasteiger partial charge in [-0.15, -0.1) is 0 Å². The van der Waals surface area contributed by atoms with Crippen LogP contribution in [-0.2, 0) is 11.2 Å². The summed E-state index contributed by atoms with van der Waals surface area (Å²) < 4.78 is 0.979. The van der Waals surface area contributed by atoms with Crippen LogP contribution in [0.25, 0.3) is 0 Å². The fourth-order valence-electron chi connectivity index (χ4n) is 1.10. The molecular weight excluding hydrogens is 246 g/mol. The molecule has 1 aromatic rings. The molecule has 14 heavy (non-hydrogen) atoms. The minimum Gasteiger partial charge on any atom is -0.480 e. The van der Waals surface area contributed by atoms with E-state index in [-0.39, 0.29) is 0 Å².